The summed E-state index contributed by atoms with van der Waals surface area (Å²) < 4.78 is 37.4. The normalized spacial score (nSPS) is 19.3. The van der Waals surface area contributed by atoms with Gasteiger partial charge in [0.2, 0.25) is 0 Å². The minimum absolute atomic E-state index is 0.0166. The Morgan fingerprint density at radius 1 is 1.22 bits per heavy atom. The number of hydrogen-bond acceptors (Lipinski definition) is 2. The summed E-state index contributed by atoms with van der Waals surface area (Å²) in [5.74, 6) is 0.229. The van der Waals surface area contributed by atoms with E-state index in [9.17, 15) is 13.2 Å². The predicted molar refractivity (Wildman–Crippen MR) is 67.6 cm³/mol. The fourth-order valence-electron chi connectivity index (χ4n) is 1.96. The lowest BCUT2D eigenvalue weighted by molar-refractivity contribution is -0.148. The molecule has 108 valence electrons. The van der Waals surface area contributed by atoms with Crippen molar-refractivity contribution in [3.05, 3.63) is 0 Å². The minimum atomic E-state index is -4.08. The topological polar surface area (TPSA) is 15.3 Å². The van der Waals surface area contributed by atoms with E-state index in [0.717, 1.165) is 19.4 Å². The fraction of sp³-hybridized carbons (Fsp3) is 1.00. The van der Waals surface area contributed by atoms with Crippen molar-refractivity contribution >= 4 is 0 Å². The van der Waals surface area contributed by atoms with Crippen molar-refractivity contribution in [1.82, 2.24) is 10.2 Å². The number of nitrogens with zero attached hydrogens (tertiary/aromatic N) is 1. The Kier molecular flexibility index (Phi) is 5.06. The number of halogens is 3. The van der Waals surface area contributed by atoms with Gasteiger partial charge in [0.15, 0.2) is 0 Å². The largest absolute Gasteiger partial charge is 0.401 e. The molecule has 18 heavy (non-hydrogen) atoms. The molecular weight excluding hydrogens is 241 g/mol. The second-order valence-electron chi connectivity index (χ2n) is 6.51. The van der Waals surface area contributed by atoms with Gasteiger partial charge in [-0.15, -0.1) is 0 Å². The van der Waals surface area contributed by atoms with E-state index in [4.69, 9.17) is 0 Å². The highest BCUT2D eigenvalue weighted by Gasteiger charge is 2.38. The van der Waals surface area contributed by atoms with Crippen LogP contribution in [0.1, 0.15) is 40.5 Å². The smallest absolute Gasteiger partial charge is 0.312 e. The van der Waals surface area contributed by atoms with Crippen LogP contribution in [0.15, 0.2) is 0 Å². The lowest BCUT2D eigenvalue weighted by Crippen LogP contribution is -2.44. The highest BCUT2D eigenvalue weighted by atomic mass is 19.4. The van der Waals surface area contributed by atoms with E-state index in [0.29, 0.717) is 6.54 Å². The van der Waals surface area contributed by atoms with Gasteiger partial charge in [-0.25, -0.2) is 0 Å². The van der Waals surface area contributed by atoms with E-state index in [1.165, 1.54) is 0 Å². The van der Waals surface area contributed by atoms with E-state index < -0.39 is 12.7 Å². The Hall–Kier alpha value is -0.290. The second kappa shape index (κ2) is 5.78. The summed E-state index contributed by atoms with van der Waals surface area (Å²) in [5, 5.41) is 3.34. The first-order chi connectivity index (χ1) is 8.07. The van der Waals surface area contributed by atoms with E-state index in [2.05, 4.69) is 26.1 Å². The molecule has 1 rings (SSSR count). The molecule has 1 aliphatic rings. The lowest BCUT2D eigenvalue weighted by Gasteiger charge is -2.29. The Morgan fingerprint density at radius 2 is 1.78 bits per heavy atom. The van der Waals surface area contributed by atoms with Gasteiger partial charge in [0.05, 0.1) is 6.54 Å². The molecule has 0 amide bonds. The minimum Gasteiger partial charge on any atom is -0.312 e. The van der Waals surface area contributed by atoms with Crippen molar-refractivity contribution in [3.63, 3.8) is 0 Å². The first kappa shape index (κ1) is 15.8. The maximum absolute atomic E-state index is 12.5. The van der Waals surface area contributed by atoms with Crippen LogP contribution in [0.3, 0.4) is 0 Å². The maximum atomic E-state index is 12.5. The second-order valence-corrected chi connectivity index (χ2v) is 6.51. The van der Waals surface area contributed by atoms with Crippen molar-refractivity contribution < 1.29 is 13.2 Å². The zero-order chi connectivity index (χ0) is 14.0. The molecule has 1 unspecified atom stereocenters. The average molecular weight is 266 g/mol. The Bertz CT molecular complexity index is 254. The first-order valence-electron chi connectivity index (χ1n) is 6.63. The number of rotatable bonds is 6. The van der Waals surface area contributed by atoms with Gasteiger partial charge in [-0.2, -0.15) is 13.2 Å². The molecule has 5 heteroatoms. The van der Waals surface area contributed by atoms with Crippen molar-refractivity contribution in [2.45, 2.75) is 58.3 Å². The molecule has 1 N–H and O–H groups in total. The molecule has 0 aromatic rings. The summed E-state index contributed by atoms with van der Waals surface area (Å²) in [6.07, 6.45) is -2.26. The summed E-state index contributed by atoms with van der Waals surface area (Å²) in [7, 11) is 0. The zero-order valence-corrected chi connectivity index (χ0v) is 11.8. The molecule has 0 aliphatic heterocycles. The molecule has 0 aromatic carbocycles. The maximum Gasteiger partial charge on any atom is 0.401 e. The molecule has 1 atom stereocenters. The van der Waals surface area contributed by atoms with Crippen LogP contribution in [-0.2, 0) is 0 Å². The summed E-state index contributed by atoms with van der Waals surface area (Å²) in [5.41, 5.74) is 0.0166. The molecule has 0 radical (unpaired) electrons. The zero-order valence-electron chi connectivity index (χ0n) is 11.8. The van der Waals surface area contributed by atoms with Crippen LogP contribution < -0.4 is 5.32 Å². The third kappa shape index (κ3) is 7.21. The van der Waals surface area contributed by atoms with Crippen LogP contribution in [0.2, 0.25) is 0 Å². The number of nitrogens with one attached hydrogen (secondary N) is 1. The summed E-state index contributed by atoms with van der Waals surface area (Å²) >= 11 is 0. The molecule has 1 fully saturated rings. The van der Waals surface area contributed by atoms with Crippen LogP contribution in [0.5, 0.6) is 0 Å². The van der Waals surface area contributed by atoms with Crippen molar-refractivity contribution in [3.8, 4) is 0 Å². The van der Waals surface area contributed by atoms with E-state index in [-0.39, 0.29) is 17.5 Å². The Balaban J connectivity index is 2.36. The summed E-state index contributed by atoms with van der Waals surface area (Å²) in [6, 6.07) is 0.156. The van der Waals surface area contributed by atoms with E-state index in [1.54, 1.807) is 4.90 Å². The van der Waals surface area contributed by atoms with Crippen LogP contribution in [0.25, 0.3) is 0 Å². The van der Waals surface area contributed by atoms with E-state index in [1.807, 2.05) is 6.92 Å². The highest BCUT2D eigenvalue weighted by Crippen LogP contribution is 2.30. The van der Waals surface area contributed by atoms with Crippen molar-refractivity contribution in [2.75, 3.05) is 19.6 Å². The van der Waals surface area contributed by atoms with Crippen LogP contribution in [0.4, 0.5) is 13.2 Å². The van der Waals surface area contributed by atoms with Gasteiger partial charge in [0.25, 0.3) is 0 Å². The Labute approximate surface area is 108 Å². The third-order valence-corrected chi connectivity index (χ3v) is 2.97. The standard InChI is InChI=1S/C13H25F3N2/c1-10(7-17-12(2,3)4)8-18(11-5-6-11)9-13(14,15)16/h10-11,17H,5-9H2,1-4H3. The molecule has 0 spiro atoms. The van der Waals surface area contributed by atoms with Crippen molar-refractivity contribution in [2.24, 2.45) is 5.92 Å². The molecule has 0 saturated heterocycles. The van der Waals surface area contributed by atoms with E-state index >= 15 is 0 Å². The van der Waals surface area contributed by atoms with Gasteiger partial charge >= 0.3 is 6.18 Å². The monoisotopic (exact) mass is 266 g/mol. The van der Waals surface area contributed by atoms with Crippen LogP contribution in [-0.4, -0.2) is 42.3 Å². The van der Waals surface area contributed by atoms with Gasteiger partial charge in [-0.05, 0) is 46.1 Å². The molecule has 2 nitrogen and oxygen atoms in total. The highest BCUT2D eigenvalue weighted by molar-refractivity contribution is 4.87. The SMILES string of the molecule is CC(CNC(C)(C)C)CN(CC(F)(F)F)C1CC1. The summed E-state index contributed by atoms with van der Waals surface area (Å²) in [6.45, 7) is 8.70. The Morgan fingerprint density at radius 3 is 2.17 bits per heavy atom. The average Bonchev–Trinajstić information content (AvgIpc) is 2.93. The fourth-order valence-corrected chi connectivity index (χ4v) is 1.96. The van der Waals surface area contributed by atoms with Gasteiger partial charge in [0.1, 0.15) is 0 Å². The lowest BCUT2D eigenvalue weighted by atomic mass is 10.1. The first-order valence-corrected chi connectivity index (χ1v) is 6.63. The van der Waals surface area contributed by atoms with Gasteiger partial charge in [-0.1, -0.05) is 6.92 Å². The van der Waals surface area contributed by atoms with Crippen LogP contribution >= 0.6 is 0 Å². The molecule has 0 aromatic heterocycles. The molecule has 1 aliphatic carbocycles. The summed E-state index contributed by atoms with van der Waals surface area (Å²) in [4.78, 5) is 1.59. The molecule has 0 heterocycles. The number of alkyl halides is 3. The van der Waals surface area contributed by atoms with Crippen molar-refractivity contribution in [1.29, 1.82) is 0 Å². The van der Waals surface area contributed by atoms with Crippen LogP contribution in [0, 0.1) is 5.92 Å². The molecule has 1 saturated carbocycles. The predicted octanol–water partition coefficient (Wildman–Crippen LogP) is 3.04. The molecular formula is C13H25F3N2. The van der Waals surface area contributed by atoms with Gasteiger partial charge in [-0.3, -0.25) is 4.90 Å². The third-order valence-electron chi connectivity index (χ3n) is 2.97. The quantitative estimate of drug-likeness (QED) is 0.795. The van der Waals surface area contributed by atoms with Gasteiger partial charge < -0.3 is 5.32 Å². The molecule has 0 bridgehead atoms. The number of hydrogen-bond donors (Lipinski definition) is 1. The van der Waals surface area contributed by atoms with Gasteiger partial charge in [0, 0.05) is 18.1 Å².